The van der Waals surface area contributed by atoms with Crippen molar-refractivity contribution in [1.29, 1.82) is 0 Å². The highest BCUT2D eigenvalue weighted by Crippen LogP contribution is 1.96. The van der Waals surface area contributed by atoms with Crippen LogP contribution in [0.4, 0.5) is 0 Å². The van der Waals surface area contributed by atoms with Gasteiger partial charge in [-0.1, -0.05) is 6.07 Å². The quantitative estimate of drug-likeness (QED) is 0.467. The van der Waals surface area contributed by atoms with Crippen LogP contribution >= 0.6 is 24.0 Å². The minimum atomic E-state index is 0. The van der Waals surface area contributed by atoms with Gasteiger partial charge in [0.1, 0.15) is 0 Å². The van der Waals surface area contributed by atoms with Crippen LogP contribution in [0.15, 0.2) is 21.9 Å². The lowest BCUT2D eigenvalue weighted by Gasteiger charge is -2.10. The minimum absolute atomic E-state index is 0. The van der Waals surface area contributed by atoms with Crippen molar-refractivity contribution >= 4 is 29.9 Å². The standard InChI is InChI=1S/C11H18N4O.HI/c1-8-5-6-9(10(16)15(8)4)7-14-11(12-2)13-3;/h5-6H,7H2,1-4H3,(H2,12,13,14);1H. The fraction of sp³-hybridized carbons (Fsp3) is 0.455. The molecule has 0 bridgehead atoms. The summed E-state index contributed by atoms with van der Waals surface area (Å²) in [4.78, 5) is 15.8. The van der Waals surface area contributed by atoms with E-state index >= 15 is 0 Å². The van der Waals surface area contributed by atoms with Gasteiger partial charge in [-0.15, -0.1) is 24.0 Å². The van der Waals surface area contributed by atoms with Crippen molar-refractivity contribution < 1.29 is 0 Å². The zero-order valence-corrected chi connectivity index (χ0v) is 12.9. The summed E-state index contributed by atoms with van der Waals surface area (Å²) in [6.07, 6.45) is 0. The Morgan fingerprint density at radius 2 is 2.12 bits per heavy atom. The number of aliphatic imine (C=N–C) groups is 1. The largest absolute Gasteiger partial charge is 0.359 e. The van der Waals surface area contributed by atoms with E-state index in [-0.39, 0.29) is 29.5 Å². The molecular weight excluding hydrogens is 331 g/mol. The molecule has 0 amide bonds. The normalized spacial score (nSPS) is 10.7. The van der Waals surface area contributed by atoms with E-state index in [1.807, 2.05) is 19.1 Å². The summed E-state index contributed by atoms with van der Waals surface area (Å²) in [5.41, 5.74) is 1.70. The SMILES string of the molecule is CN=C(NC)NCc1ccc(C)n(C)c1=O.I. The zero-order chi connectivity index (χ0) is 12.1. The highest BCUT2D eigenvalue weighted by molar-refractivity contribution is 14.0. The summed E-state index contributed by atoms with van der Waals surface area (Å²) in [6.45, 7) is 2.38. The van der Waals surface area contributed by atoms with E-state index in [2.05, 4.69) is 15.6 Å². The van der Waals surface area contributed by atoms with Gasteiger partial charge in [0.25, 0.3) is 5.56 Å². The van der Waals surface area contributed by atoms with Crippen LogP contribution in [-0.2, 0) is 13.6 Å². The first-order chi connectivity index (χ1) is 7.60. The van der Waals surface area contributed by atoms with Gasteiger partial charge in [0, 0.05) is 38.9 Å². The van der Waals surface area contributed by atoms with Crippen LogP contribution in [-0.4, -0.2) is 24.6 Å². The van der Waals surface area contributed by atoms with Gasteiger partial charge in [-0.25, -0.2) is 0 Å². The molecule has 0 fully saturated rings. The molecule has 17 heavy (non-hydrogen) atoms. The average Bonchev–Trinajstić information content (AvgIpc) is 2.30. The highest BCUT2D eigenvalue weighted by atomic mass is 127. The molecule has 0 saturated carbocycles. The first-order valence-electron chi connectivity index (χ1n) is 5.14. The molecule has 0 saturated heterocycles. The summed E-state index contributed by atoms with van der Waals surface area (Å²) in [7, 11) is 5.24. The van der Waals surface area contributed by atoms with Crippen LogP contribution in [0.1, 0.15) is 11.3 Å². The molecule has 0 spiro atoms. The van der Waals surface area contributed by atoms with Crippen LogP contribution in [0.2, 0.25) is 0 Å². The van der Waals surface area contributed by atoms with Gasteiger partial charge in [-0.2, -0.15) is 0 Å². The summed E-state index contributed by atoms with van der Waals surface area (Å²) >= 11 is 0. The summed E-state index contributed by atoms with van der Waals surface area (Å²) in [5.74, 6) is 0.669. The predicted molar refractivity (Wildman–Crippen MR) is 81.1 cm³/mol. The molecule has 6 heteroatoms. The molecule has 1 aromatic rings. The molecule has 1 heterocycles. The van der Waals surface area contributed by atoms with Crippen molar-refractivity contribution in [3.8, 4) is 0 Å². The second-order valence-electron chi connectivity index (χ2n) is 3.54. The number of aromatic nitrogens is 1. The van der Waals surface area contributed by atoms with Crippen molar-refractivity contribution in [2.75, 3.05) is 14.1 Å². The maximum Gasteiger partial charge on any atom is 0.255 e. The van der Waals surface area contributed by atoms with E-state index in [1.165, 1.54) is 0 Å². The summed E-state index contributed by atoms with van der Waals surface area (Å²) in [5, 5.41) is 5.95. The molecule has 1 rings (SSSR count). The summed E-state index contributed by atoms with van der Waals surface area (Å²) in [6, 6.07) is 3.77. The number of hydrogen-bond donors (Lipinski definition) is 2. The lowest BCUT2D eigenvalue weighted by molar-refractivity contribution is 0.772. The van der Waals surface area contributed by atoms with Crippen LogP contribution < -0.4 is 16.2 Å². The minimum Gasteiger partial charge on any atom is -0.359 e. The molecule has 5 nitrogen and oxygen atoms in total. The third-order valence-corrected chi connectivity index (χ3v) is 2.54. The second kappa shape index (κ2) is 7.31. The summed E-state index contributed by atoms with van der Waals surface area (Å²) < 4.78 is 1.64. The van der Waals surface area contributed by atoms with Gasteiger partial charge in [-0.05, 0) is 13.0 Å². The maximum atomic E-state index is 11.8. The van der Waals surface area contributed by atoms with E-state index in [0.717, 1.165) is 11.3 Å². The highest BCUT2D eigenvalue weighted by Gasteiger charge is 2.03. The molecule has 1 aromatic heterocycles. The molecule has 0 radical (unpaired) electrons. The van der Waals surface area contributed by atoms with Crippen LogP contribution in [0.3, 0.4) is 0 Å². The number of pyridine rings is 1. The van der Waals surface area contributed by atoms with Crippen LogP contribution in [0.25, 0.3) is 0 Å². The van der Waals surface area contributed by atoms with Crippen molar-refractivity contribution in [3.05, 3.63) is 33.7 Å². The fourth-order valence-corrected chi connectivity index (χ4v) is 1.37. The smallest absolute Gasteiger partial charge is 0.255 e. The van der Waals surface area contributed by atoms with Gasteiger partial charge < -0.3 is 15.2 Å². The Kier molecular flexibility index (Phi) is 6.86. The molecular formula is C11H19IN4O. The topological polar surface area (TPSA) is 58.4 Å². The molecule has 0 aliphatic heterocycles. The number of nitrogens with zero attached hydrogens (tertiary/aromatic N) is 2. The Morgan fingerprint density at radius 1 is 1.47 bits per heavy atom. The molecule has 0 unspecified atom stereocenters. The Hall–Kier alpha value is -1.05. The molecule has 96 valence electrons. The number of aryl methyl sites for hydroxylation is 1. The van der Waals surface area contributed by atoms with E-state index in [4.69, 9.17) is 0 Å². The van der Waals surface area contributed by atoms with Gasteiger partial charge >= 0.3 is 0 Å². The van der Waals surface area contributed by atoms with Crippen LogP contribution in [0, 0.1) is 6.92 Å². The van der Waals surface area contributed by atoms with Crippen molar-refractivity contribution in [2.45, 2.75) is 13.5 Å². The lowest BCUT2D eigenvalue weighted by atomic mass is 10.2. The van der Waals surface area contributed by atoms with E-state index in [9.17, 15) is 4.79 Å². The van der Waals surface area contributed by atoms with Crippen molar-refractivity contribution in [1.82, 2.24) is 15.2 Å². The molecule has 0 aliphatic carbocycles. The van der Waals surface area contributed by atoms with Crippen molar-refractivity contribution in [2.24, 2.45) is 12.0 Å². The van der Waals surface area contributed by atoms with E-state index in [1.54, 1.807) is 25.7 Å². The Labute approximate surface area is 118 Å². The number of guanidine groups is 1. The number of halogens is 1. The number of rotatable bonds is 2. The zero-order valence-electron chi connectivity index (χ0n) is 10.6. The molecule has 0 atom stereocenters. The Bertz CT molecular complexity index is 453. The van der Waals surface area contributed by atoms with E-state index < -0.39 is 0 Å². The molecule has 0 aliphatic rings. The van der Waals surface area contributed by atoms with Crippen LogP contribution in [0.5, 0.6) is 0 Å². The first-order valence-corrected chi connectivity index (χ1v) is 5.14. The van der Waals surface area contributed by atoms with Crippen molar-refractivity contribution in [3.63, 3.8) is 0 Å². The van der Waals surface area contributed by atoms with Gasteiger partial charge in [0.05, 0.1) is 0 Å². The number of nitrogens with one attached hydrogen (secondary N) is 2. The van der Waals surface area contributed by atoms with Gasteiger partial charge in [0.2, 0.25) is 0 Å². The number of hydrogen-bond acceptors (Lipinski definition) is 2. The third-order valence-electron chi connectivity index (χ3n) is 2.54. The van der Waals surface area contributed by atoms with Gasteiger partial charge in [0.15, 0.2) is 5.96 Å². The predicted octanol–water partition coefficient (Wildman–Crippen LogP) is 0.607. The average molecular weight is 350 g/mol. The first kappa shape index (κ1) is 16.0. The monoisotopic (exact) mass is 350 g/mol. The molecule has 2 N–H and O–H groups in total. The second-order valence-corrected chi connectivity index (χ2v) is 3.54. The molecule has 0 aromatic carbocycles. The lowest BCUT2D eigenvalue weighted by Crippen LogP contribution is -2.36. The van der Waals surface area contributed by atoms with E-state index in [0.29, 0.717) is 12.5 Å². The fourth-order valence-electron chi connectivity index (χ4n) is 1.37. The Balaban J connectivity index is 0.00000256. The third kappa shape index (κ3) is 4.03. The van der Waals surface area contributed by atoms with Gasteiger partial charge in [-0.3, -0.25) is 9.79 Å². The maximum absolute atomic E-state index is 11.8. The Morgan fingerprint density at radius 3 is 2.65 bits per heavy atom.